The van der Waals surface area contributed by atoms with Gasteiger partial charge in [0.15, 0.2) is 0 Å². The second-order valence-electron chi connectivity index (χ2n) is 9.81. The lowest BCUT2D eigenvalue weighted by Crippen LogP contribution is -2.28. The lowest BCUT2D eigenvalue weighted by molar-refractivity contribution is 0.0467. The van der Waals surface area contributed by atoms with Crippen molar-refractivity contribution in [2.45, 2.75) is 25.8 Å². The van der Waals surface area contributed by atoms with Crippen LogP contribution in [0.1, 0.15) is 33.7 Å². The Kier molecular flexibility index (Phi) is 6.50. The predicted octanol–water partition coefficient (Wildman–Crippen LogP) is 6.02. The van der Waals surface area contributed by atoms with Crippen LogP contribution in [0.4, 0.5) is 4.39 Å². The number of aromatic nitrogens is 3. The largest absolute Gasteiger partial charge is 0.458 e. The molecule has 7 heteroatoms. The van der Waals surface area contributed by atoms with Crippen molar-refractivity contribution in [1.82, 2.24) is 14.4 Å². The van der Waals surface area contributed by atoms with Crippen LogP contribution in [0.15, 0.2) is 91.4 Å². The van der Waals surface area contributed by atoms with Crippen LogP contribution in [0.5, 0.6) is 0 Å². The summed E-state index contributed by atoms with van der Waals surface area (Å²) in [7, 11) is 0. The zero-order chi connectivity index (χ0) is 26.9. The number of ether oxygens (including phenoxy) is 1. The lowest BCUT2D eigenvalue weighted by atomic mass is 9.99. The number of esters is 1. The number of fused-ring (bicyclic) bond motifs is 2. The van der Waals surface area contributed by atoms with Crippen molar-refractivity contribution in [2.75, 3.05) is 6.61 Å². The first-order valence-electron chi connectivity index (χ1n) is 12.9. The number of benzene rings is 2. The van der Waals surface area contributed by atoms with Crippen molar-refractivity contribution in [3.05, 3.63) is 120 Å². The monoisotopic (exact) mass is 518 g/mol. The molecule has 39 heavy (non-hydrogen) atoms. The molecule has 0 fully saturated rings. The molecule has 0 saturated carbocycles. The van der Waals surface area contributed by atoms with Crippen molar-refractivity contribution >= 4 is 17.1 Å². The minimum absolute atomic E-state index is 0.0987. The molecule has 3 aromatic heterocycles. The van der Waals surface area contributed by atoms with Gasteiger partial charge >= 0.3 is 5.97 Å². The fourth-order valence-electron chi connectivity index (χ4n) is 5.12. The third-order valence-corrected chi connectivity index (χ3v) is 7.11. The van der Waals surface area contributed by atoms with E-state index in [-0.39, 0.29) is 24.3 Å². The van der Waals surface area contributed by atoms with Gasteiger partial charge in [0.2, 0.25) is 5.82 Å². The molecule has 3 heterocycles. The second kappa shape index (κ2) is 10.3. The van der Waals surface area contributed by atoms with Crippen molar-refractivity contribution in [3.8, 4) is 22.4 Å². The van der Waals surface area contributed by atoms with Crippen LogP contribution in [0.2, 0.25) is 0 Å². The van der Waals surface area contributed by atoms with E-state index in [1.165, 1.54) is 22.8 Å². The molecule has 2 aromatic carbocycles. The molecule has 0 amide bonds. The van der Waals surface area contributed by atoms with E-state index in [0.717, 1.165) is 34.3 Å². The van der Waals surface area contributed by atoms with E-state index in [9.17, 15) is 9.18 Å². The maximum Gasteiger partial charge on any atom is 0.374 e. The van der Waals surface area contributed by atoms with Gasteiger partial charge in [-0.15, -0.1) is 0 Å². The summed E-state index contributed by atoms with van der Waals surface area (Å²) in [6, 6.07) is 20.6. The molecule has 194 valence electrons. The molecular weight excluding hydrogens is 491 g/mol. The number of pyridine rings is 2. The number of aryl methyl sites for hydroxylation is 1. The molecule has 6 nitrogen and oxygen atoms in total. The number of halogens is 1. The zero-order valence-corrected chi connectivity index (χ0v) is 21.5. The summed E-state index contributed by atoms with van der Waals surface area (Å²) in [6.45, 7) is 1.83. The lowest BCUT2D eigenvalue weighted by Gasteiger charge is -2.14. The van der Waals surface area contributed by atoms with E-state index >= 15 is 0 Å². The Morgan fingerprint density at radius 2 is 1.90 bits per heavy atom. The van der Waals surface area contributed by atoms with Crippen LogP contribution >= 0.6 is 0 Å². The molecule has 1 atom stereocenters. The number of rotatable bonds is 7. The number of hydrogen-bond acceptors (Lipinski definition) is 5. The zero-order valence-electron chi connectivity index (χ0n) is 21.5. The highest BCUT2D eigenvalue weighted by Gasteiger charge is 2.20. The van der Waals surface area contributed by atoms with E-state index in [4.69, 9.17) is 10.5 Å². The number of nitrogens with two attached hydrogens (primary N) is 1. The molecule has 1 aliphatic carbocycles. The first kappa shape index (κ1) is 24.7. The van der Waals surface area contributed by atoms with Crippen molar-refractivity contribution in [3.63, 3.8) is 0 Å². The molecule has 2 N–H and O–H groups in total. The molecule has 6 rings (SSSR count). The highest BCUT2D eigenvalue weighted by Crippen LogP contribution is 2.32. The minimum atomic E-state index is -0.525. The van der Waals surface area contributed by atoms with Crippen LogP contribution in [-0.4, -0.2) is 33.0 Å². The molecular formula is C32H27FN4O2. The summed E-state index contributed by atoms with van der Waals surface area (Å²) < 4.78 is 21.1. The first-order valence-corrected chi connectivity index (χ1v) is 12.9. The number of carbonyl (C=O) groups is 1. The smallest absolute Gasteiger partial charge is 0.374 e. The summed E-state index contributed by atoms with van der Waals surface area (Å²) in [6.07, 6.45) is 8.88. The van der Waals surface area contributed by atoms with E-state index in [2.05, 4.69) is 28.2 Å². The molecule has 0 spiro atoms. The molecule has 0 radical (unpaired) electrons. The third-order valence-electron chi connectivity index (χ3n) is 7.11. The highest BCUT2D eigenvalue weighted by atomic mass is 19.1. The number of carbonyl (C=O) groups excluding carboxylic acids is 1. The molecule has 0 aliphatic heterocycles. The van der Waals surface area contributed by atoms with Crippen LogP contribution in [-0.2, 0) is 11.2 Å². The van der Waals surface area contributed by atoms with Gasteiger partial charge in [-0.2, -0.15) is 0 Å². The van der Waals surface area contributed by atoms with Crippen LogP contribution in [0.3, 0.4) is 0 Å². The normalized spacial score (nSPS) is 13.3. The van der Waals surface area contributed by atoms with Gasteiger partial charge in [-0.3, -0.25) is 9.38 Å². The van der Waals surface area contributed by atoms with E-state index in [1.54, 1.807) is 42.0 Å². The van der Waals surface area contributed by atoms with Crippen LogP contribution < -0.4 is 5.73 Å². The Morgan fingerprint density at radius 1 is 1.05 bits per heavy atom. The first-order chi connectivity index (χ1) is 19.0. The Hall–Kier alpha value is -4.62. The van der Waals surface area contributed by atoms with Gasteiger partial charge in [-0.05, 0) is 84.0 Å². The second-order valence-corrected chi connectivity index (χ2v) is 9.81. The fourth-order valence-corrected chi connectivity index (χ4v) is 5.12. The molecule has 5 aromatic rings. The minimum Gasteiger partial charge on any atom is -0.458 e. The topological polar surface area (TPSA) is 82.5 Å². The maximum atomic E-state index is 13.8. The SMILES string of the molecule is Cc1cc(-c2ncccc2-c2ccn3c(C(=O)OC[C@H](N)CC4=CCc5ccccc54)ncc3c2)ccc1F. The summed E-state index contributed by atoms with van der Waals surface area (Å²) in [4.78, 5) is 21.8. The Balaban J connectivity index is 1.18. The van der Waals surface area contributed by atoms with E-state index < -0.39 is 5.97 Å². The highest BCUT2D eigenvalue weighted by molar-refractivity contribution is 5.88. The Labute approximate surface area is 225 Å². The van der Waals surface area contributed by atoms with E-state index in [1.807, 2.05) is 36.4 Å². The van der Waals surface area contributed by atoms with Crippen molar-refractivity contribution in [2.24, 2.45) is 5.73 Å². The average molecular weight is 519 g/mol. The van der Waals surface area contributed by atoms with Gasteiger partial charge in [0.05, 0.1) is 17.4 Å². The van der Waals surface area contributed by atoms with Crippen molar-refractivity contribution in [1.29, 1.82) is 0 Å². The summed E-state index contributed by atoms with van der Waals surface area (Å²) >= 11 is 0. The average Bonchev–Trinajstić information content (AvgIpc) is 3.57. The van der Waals surface area contributed by atoms with Gasteiger partial charge in [0, 0.05) is 29.6 Å². The standard InChI is InChI=1S/C32H27FN4O2/c1-20-15-24(10-11-29(20)33)30-28(7-4-13-35-30)23-12-14-37-26(17-23)18-36-31(37)32(38)39-19-25(34)16-22-9-8-21-5-2-3-6-27(21)22/h2-7,9-15,17-18,25H,8,16,19,34H2,1H3/t25-/m1/s1. The van der Waals surface area contributed by atoms with Gasteiger partial charge in [0.1, 0.15) is 12.4 Å². The number of hydrogen-bond donors (Lipinski definition) is 1. The Bertz CT molecular complexity index is 1740. The van der Waals surface area contributed by atoms with E-state index in [0.29, 0.717) is 12.0 Å². The summed E-state index contributed by atoms with van der Waals surface area (Å²) in [5.41, 5.74) is 14.7. The number of allylic oxidation sites excluding steroid dienone is 1. The summed E-state index contributed by atoms with van der Waals surface area (Å²) in [5.74, 6) is -0.587. The van der Waals surface area contributed by atoms with Gasteiger partial charge < -0.3 is 10.5 Å². The Morgan fingerprint density at radius 3 is 2.77 bits per heavy atom. The van der Waals surface area contributed by atoms with Gasteiger partial charge in [0.25, 0.3) is 0 Å². The van der Waals surface area contributed by atoms with Crippen LogP contribution in [0.25, 0.3) is 33.5 Å². The maximum absolute atomic E-state index is 13.8. The molecule has 0 bridgehead atoms. The fraction of sp³-hybridized carbons (Fsp3) is 0.156. The third kappa shape index (κ3) is 4.84. The molecule has 0 saturated heterocycles. The van der Waals surface area contributed by atoms with Crippen LogP contribution in [0, 0.1) is 12.7 Å². The summed E-state index contributed by atoms with van der Waals surface area (Å²) in [5, 5.41) is 0. The molecule has 1 aliphatic rings. The van der Waals surface area contributed by atoms with Gasteiger partial charge in [-0.1, -0.05) is 36.4 Å². The van der Waals surface area contributed by atoms with Crippen molar-refractivity contribution < 1.29 is 13.9 Å². The quantitative estimate of drug-likeness (QED) is 0.266. The van der Waals surface area contributed by atoms with Gasteiger partial charge in [-0.25, -0.2) is 14.2 Å². The predicted molar refractivity (Wildman–Crippen MR) is 150 cm³/mol. The number of nitrogens with zero attached hydrogens (tertiary/aromatic N) is 3. The number of imidazole rings is 1. The molecule has 0 unspecified atom stereocenters.